The molecule has 1 rings (SSSR count). The first kappa shape index (κ1) is 12.8. The molecule has 5 nitrogen and oxygen atoms in total. The summed E-state index contributed by atoms with van der Waals surface area (Å²) in [6.45, 7) is 0. The molecule has 0 aliphatic heterocycles. The maximum absolute atomic E-state index is 12.5. The summed E-state index contributed by atoms with van der Waals surface area (Å²) >= 11 is 3.04. The van der Waals surface area contributed by atoms with Gasteiger partial charge in [-0.15, -0.1) is 0 Å². The largest absolute Gasteiger partial charge is 0.489 e. The van der Waals surface area contributed by atoms with Crippen LogP contribution in [0.1, 0.15) is 17.7 Å². The van der Waals surface area contributed by atoms with Gasteiger partial charge < -0.3 is 4.74 Å². The molecule has 0 atom stereocenters. The second-order valence-electron chi connectivity index (χ2n) is 2.73. The van der Waals surface area contributed by atoms with Gasteiger partial charge in [0.2, 0.25) is 5.75 Å². The van der Waals surface area contributed by atoms with Crippen LogP contribution in [0.2, 0.25) is 0 Å². The van der Waals surface area contributed by atoms with Gasteiger partial charge in [0.25, 0.3) is 6.43 Å². The molecule has 0 aliphatic carbocycles. The Bertz CT molecular complexity index is 415. The summed E-state index contributed by atoms with van der Waals surface area (Å²) in [6, 6.07) is 0. The molecule has 0 bridgehead atoms. The third kappa shape index (κ3) is 2.26. The monoisotopic (exact) mass is 296 g/mol. The Labute approximate surface area is 97.7 Å². The molecular formula is C8H7BrF2N2O3. The number of aromatic nitrogens is 1. The molecule has 0 amide bonds. The zero-order chi connectivity index (χ0) is 12.3. The van der Waals surface area contributed by atoms with Crippen LogP contribution in [0.5, 0.6) is 5.75 Å². The van der Waals surface area contributed by atoms with Gasteiger partial charge in [-0.25, -0.2) is 8.78 Å². The molecule has 0 fully saturated rings. The molecule has 8 heteroatoms. The number of nitro groups is 1. The molecule has 1 aromatic heterocycles. The van der Waals surface area contributed by atoms with E-state index in [9.17, 15) is 18.9 Å². The standard InChI is InChI=1S/C8H7BrF2N2O3/c1-16-7-5(2-9)12-3-4(8(10)11)6(7)13(14)15/h3,8H,2H2,1H3. The smallest absolute Gasteiger partial charge is 0.323 e. The summed E-state index contributed by atoms with van der Waals surface area (Å²) in [5, 5.41) is 10.9. The number of hydrogen-bond acceptors (Lipinski definition) is 4. The van der Waals surface area contributed by atoms with E-state index < -0.39 is 22.6 Å². The van der Waals surface area contributed by atoms with Crippen LogP contribution < -0.4 is 4.74 Å². The predicted molar refractivity (Wildman–Crippen MR) is 55.0 cm³/mol. The Morgan fingerprint density at radius 1 is 1.69 bits per heavy atom. The molecule has 0 saturated heterocycles. The van der Waals surface area contributed by atoms with Gasteiger partial charge in [0.1, 0.15) is 11.3 Å². The van der Waals surface area contributed by atoms with Crippen molar-refractivity contribution >= 4 is 21.6 Å². The number of methoxy groups -OCH3 is 1. The number of hydrogen-bond donors (Lipinski definition) is 0. The molecule has 0 aliphatic rings. The summed E-state index contributed by atoms with van der Waals surface area (Å²) in [5.74, 6) is -0.236. The van der Waals surface area contributed by atoms with Crippen molar-refractivity contribution in [2.45, 2.75) is 11.8 Å². The van der Waals surface area contributed by atoms with Crippen LogP contribution in [0, 0.1) is 10.1 Å². The van der Waals surface area contributed by atoms with Crippen molar-refractivity contribution in [2.75, 3.05) is 7.11 Å². The van der Waals surface area contributed by atoms with Gasteiger partial charge in [-0.05, 0) is 0 Å². The van der Waals surface area contributed by atoms with E-state index in [1.807, 2.05) is 0 Å². The Hall–Kier alpha value is -1.31. The Balaban J connectivity index is 3.50. The molecule has 16 heavy (non-hydrogen) atoms. The van der Waals surface area contributed by atoms with Crippen LogP contribution in [-0.2, 0) is 5.33 Å². The molecule has 0 spiro atoms. The molecule has 1 aromatic rings. The van der Waals surface area contributed by atoms with Gasteiger partial charge >= 0.3 is 5.69 Å². The summed E-state index contributed by atoms with van der Waals surface area (Å²) in [6.07, 6.45) is -2.17. The Morgan fingerprint density at radius 3 is 2.69 bits per heavy atom. The van der Waals surface area contributed by atoms with E-state index >= 15 is 0 Å². The topological polar surface area (TPSA) is 65.3 Å². The number of halogens is 3. The summed E-state index contributed by atoms with van der Waals surface area (Å²) in [7, 11) is 1.17. The van der Waals surface area contributed by atoms with Crippen LogP contribution >= 0.6 is 15.9 Å². The highest BCUT2D eigenvalue weighted by atomic mass is 79.9. The number of nitrogens with zero attached hydrogens (tertiary/aromatic N) is 2. The van der Waals surface area contributed by atoms with Gasteiger partial charge in [0.05, 0.1) is 12.0 Å². The highest BCUT2D eigenvalue weighted by Gasteiger charge is 2.29. The first-order valence-electron chi connectivity index (χ1n) is 4.07. The average Bonchev–Trinajstić information content (AvgIpc) is 2.26. The lowest BCUT2D eigenvalue weighted by Gasteiger charge is -2.08. The van der Waals surface area contributed by atoms with Crippen LogP contribution in [0.25, 0.3) is 0 Å². The van der Waals surface area contributed by atoms with Crippen LogP contribution in [0.3, 0.4) is 0 Å². The maximum atomic E-state index is 12.5. The average molecular weight is 297 g/mol. The fraction of sp³-hybridized carbons (Fsp3) is 0.375. The van der Waals surface area contributed by atoms with Crippen LogP contribution in [-0.4, -0.2) is 17.0 Å². The first-order chi connectivity index (χ1) is 7.52. The van der Waals surface area contributed by atoms with Crippen molar-refractivity contribution in [2.24, 2.45) is 0 Å². The van der Waals surface area contributed by atoms with Gasteiger partial charge in [-0.3, -0.25) is 15.1 Å². The predicted octanol–water partition coefficient (Wildman–Crippen LogP) is 2.83. The van der Waals surface area contributed by atoms with Gasteiger partial charge in [-0.1, -0.05) is 15.9 Å². The van der Waals surface area contributed by atoms with Gasteiger partial charge in [-0.2, -0.15) is 0 Å². The van der Waals surface area contributed by atoms with Crippen molar-refractivity contribution in [3.05, 3.63) is 27.6 Å². The molecule has 0 saturated carbocycles. The lowest BCUT2D eigenvalue weighted by molar-refractivity contribution is -0.387. The molecule has 0 aromatic carbocycles. The minimum atomic E-state index is -2.97. The normalized spacial score (nSPS) is 10.6. The van der Waals surface area contributed by atoms with Gasteiger partial charge in [0.15, 0.2) is 0 Å². The van der Waals surface area contributed by atoms with E-state index in [0.717, 1.165) is 6.20 Å². The molecule has 0 unspecified atom stereocenters. The van der Waals surface area contributed by atoms with Crippen molar-refractivity contribution in [3.8, 4) is 5.75 Å². The number of pyridine rings is 1. The lowest BCUT2D eigenvalue weighted by Crippen LogP contribution is -2.04. The first-order valence-corrected chi connectivity index (χ1v) is 5.19. The zero-order valence-corrected chi connectivity index (χ0v) is 9.70. The van der Waals surface area contributed by atoms with E-state index in [0.29, 0.717) is 0 Å². The summed E-state index contributed by atoms with van der Waals surface area (Å²) in [5.41, 5.74) is -1.27. The van der Waals surface area contributed by atoms with E-state index in [1.165, 1.54) is 7.11 Å². The fourth-order valence-corrected chi connectivity index (χ4v) is 1.59. The molecule has 88 valence electrons. The maximum Gasteiger partial charge on any atom is 0.323 e. The van der Waals surface area contributed by atoms with E-state index in [4.69, 9.17) is 4.74 Å². The quantitative estimate of drug-likeness (QED) is 0.487. The summed E-state index contributed by atoms with van der Waals surface area (Å²) < 4.78 is 29.8. The molecule has 1 heterocycles. The zero-order valence-electron chi connectivity index (χ0n) is 8.11. The third-order valence-electron chi connectivity index (χ3n) is 1.86. The molecular weight excluding hydrogens is 290 g/mol. The molecule has 0 N–H and O–H groups in total. The Kier molecular flexibility index (Phi) is 4.11. The van der Waals surface area contributed by atoms with Gasteiger partial charge in [0, 0.05) is 11.5 Å². The van der Waals surface area contributed by atoms with E-state index in [-0.39, 0.29) is 16.8 Å². The van der Waals surface area contributed by atoms with E-state index in [1.54, 1.807) is 0 Å². The minimum absolute atomic E-state index is 0.181. The highest BCUT2D eigenvalue weighted by Crippen LogP contribution is 2.38. The lowest BCUT2D eigenvalue weighted by atomic mass is 10.2. The van der Waals surface area contributed by atoms with E-state index in [2.05, 4.69) is 20.9 Å². The van der Waals surface area contributed by atoms with Crippen molar-refractivity contribution < 1.29 is 18.4 Å². The SMILES string of the molecule is COc1c(CBr)ncc(C(F)F)c1[N+](=O)[O-]. The number of ether oxygens (including phenoxy) is 1. The van der Waals surface area contributed by atoms with Crippen LogP contribution in [0.4, 0.5) is 14.5 Å². The van der Waals surface area contributed by atoms with Crippen molar-refractivity contribution in [3.63, 3.8) is 0 Å². The van der Waals surface area contributed by atoms with Crippen molar-refractivity contribution in [1.29, 1.82) is 0 Å². The number of alkyl halides is 3. The fourth-order valence-electron chi connectivity index (χ4n) is 1.19. The second kappa shape index (κ2) is 5.15. The minimum Gasteiger partial charge on any atom is -0.489 e. The summed E-state index contributed by atoms with van der Waals surface area (Å²) in [4.78, 5) is 13.5. The molecule has 0 radical (unpaired) electrons. The highest BCUT2D eigenvalue weighted by molar-refractivity contribution is 9.08. The second-order valence-corrected chi connectivity index (χ2v) is 3.29. The third-order valence-corrected chi connectivity index (χ3v) is 2.39. The van der Waals surface area contributed by atoms with Crippen LogP contribution in [0.15, 0.2) is 6.20 Å². The Morgan fingerprint density at radius 2 is 2.31 bits per heavy atom. The van der Waals surface area contributed by atoms with Crippen molar-refractivity contribution in [1.82, 2.24) is 4.98 Å². The number of rotatable bonds is 4.